The minimum absolute atomic E-state index is 0.176. The fourth-order valence-electron chi connectivity index (χ4n) is 2.97. The van der Waals surface area contributed by atoms with Crippen molar-refractivity contribution in [2.75, 3.05) is 11.9 Å². The summed E-state index contributed by atoms with van der Waals surface area (Å²) in [6, 6.07) is 13.1. The number of esters is 1. The van der Waals surface area contributed by atoms with Crippen molar-refractivity contribution in [3.05, 3.63) is 68.8 Å². The van der Waals surface area contributed by atoms with Gasteiger partial charge in [-0.15, -0.1) is 11.3 Å². The first-order chi connectivity index (χ1) is 14.0. The van der Waals surface area contributed by atoms with Crippen LogP contribution >= 0.6 is 11.3 Å². The molecule has 0 spiro atoms. The Morgan fingerprint density at radius 1 is 1.14 bits per heavy atom. The van der Waals surface area contributed by atoms with Crippen molar-refractivity contribution in [3.8, 4) is 5.69 Å². The van der Waals surface area contributed by atoms with E-state index >= 15 is 0 Å². The summed E-state index contributed by atoms with van der Waals surface area (Å²) in [6.45, 7) is 1.32. The zero-order valence-electron chi connectivity index (χ0n) is 16.4. The van der Waals surface area contributed by atoms with Crippen molar-refractivity contribution in [3.63, 3.8) is 0 Å². The second kappa shape index (κ2) is 9.38. The van der Waals surface area contributed by atoms with Gasteiger partial charge in [0, 0.05) is 18.3 Å². The number of benzene rings is 1. The first-order valence-corrected chi connectivity index (χ1v) is 10.2. The van der Waals surface area contributed by atoms with Crippen LogP contribution in [0.4, 0.5) is 5.69 Å². The molecule has 0 bridgehead atoms. The standard InChI is InChI=1S/C21H23N3O4S/c1-15-20(21(27)24(23(15)2)16-8-4-3-5-9-16)22-18(25)14-28-19(26)12-6-10-17-11-7-13-29-17/h3-5,7-9,11,13H,6,10,12,14H2,1-2H3,(H,22,25). The molecule has 0 atom stereocenters. The molecule has 7 nitrogen and oxygen atoms in total. The Hall–Kier alpha value is -3.13. The van der Waals surface area contributed by atoms with Crippen molar-refractivity contribution >= 4 is 28.9 Å². The quantitative estimate of drug-likeness (QED) is 0.576. The van der Waals surface area contributed by atoms with Crippen LogP contribution in [0.15, 0.2) is 52.6 Å². The summed E-state index contributed by atoms with van der Waals surface area (Å²) >= 11 is 1.65. The van der Waals surface area contributed by atoms with E-state index in [1.807, 2.05) is 47.8 Å². The monoisotopic (exact) mass is 413 g/mol. The van der Waals surface area contributed by atoms with Gasteiger partial charge in [0.2, 0.25) is 0 Å². The molecule has 0 saturated heterocycles. The molecule has 0 aliphatic heterocycles. The predicted molar refractivity (Wildman–Crippen MR) is 113 cm³/mol. The average Bonchev–Trinajstić information content (AvgIpc) is 3.30. The highest BCUT2D eigenvalue weighted by Gasteiger charge is 2.18. The summed E-state index contributed by atoms with van der Waals surface area (Å²) in [4.78, 5) is 38.0. The van der Waals surface area contributed by atoms with Crippen molar-refractivity contribution in [2.24, 2.45) is 7.05 Å². The van der Waals surface area contributed by atoms with Gasteiger partial charge in [-0.2, -0.15) is 0 Å². The lowest BCUT2D eigenvalue weighted by atomic mass is 10.2. The largest absolute Gasteiger partial charge is 0.456 e. The number of aryl methyl sites for hydroxylation is 1. The van der Waals surface area contributed by atoms with Crippen LogP contribution in [0.2, 0.25) is 0 Å². The van der Waals surface area contributed by atoms with Gasteiger partial charge in [0.1, 0.15) is 5.69 Å². The summed E-state index contributed by atoms with van der Waals surface area (Å²) in [5.74, 6) is -0.967. The Morgan fingerprint density at radius 3 is 2.59 bits per heavy atom. The van der Waals surface area contributed by atoms with Crippen molar-refractivity contribution in [2.45, 2.75) is 26.2 Å². The van der Waals surface area contributed by atoms with Crippen LogP contribution in [0.1, 0.15) is 23.4 Å². The molecule has 1 aromatic carbocycles. The maximum atomic E-state index is 12.8. The molecule has 1 N–H and O–H groups in total. The highest BCUT2D eigenvalue weighted by molar-refractivity contribution is 7.09. The Morgan fingerprint density at radius 2 is 1.90 bits per heavy atom. The highest BCUT2D eigenvalue weighted by atomic mass is 32.1. The molecule has 0 aliphatic rings. The number of nitrogens with zero attached hydrogens (tertiary/aromatic N) is 2. The highest BCUT2D eigenvalue weighted by Crippen LogP contribution is 2.14. The van der Waals surface area contributed by atoms with Crippen molar-refractivity contribution in [1.82, 2.24) is 9.36 Å². The first kappa shape index (κ1) is 20.6. The molecule has 0 unspecified atom stereocenters. The van der Waals surface area contributed by atoms with E-state index in [2.05, 4.69) is 5.32 Å². The topological polar surface area (TPSA) is 82.3 Å². The van der Waals surface area contributed by atoms with Gasteiger partial charge in [-0.25, -0.2) is 4.68 Å². The number of hydrogen-bond acceptors (Lipinski definition) is 5. The van der Waals surface area contributed by atoms with E-state index < -0.39 is 18.5 Å². The van der Waals surface area contributed by atoms with Gasteiger partial charge in [-0.1, -0.05) is 24.3 Å². The molecule has 2 aromatic heterocycles. The Kier molecular flexibility index (Phi) is 6.66. The van der Waals surface area contributed by atoms with E-state index in [9.17, 15) is 14.4 Å². The van der Waals surface area contributed by atoms with E-state index in [0.29, 0.717) is 17.8 Å². The van der Waals surface area contributed by atoms with Crippen LogP contribution in [0.3, 0.4) is 0 Å². The van der Waals surface area contributed by atoms with Gasteiger partial charge in [0.15, 0.2) is 6.61 Å². The molecule has 0 saturated carbocycles. The molecular formula is C21H23N3O4S. The summed E-state index contributed by atoms with van der Waals surface area (Å²) in [5.41, 5.74) is 1.14. The summed E-state index contributed by atoms with van der Waals surface area (Å²) in [5, 5.41) is 4.57. The fraction of sp³-hybridized carbons (Fsp3) is 0.286. The maximum absolute atomic E-state index is 12.8. The number of anilines is 1. The normalized spacial score (nSPS) is 10.7. The molecule has 1 amide bonds. The lowest BCUT2D eigenvalue weighted by molar-refractivity contribution is -0.147. The third-order valence-corrected chi connectivity index (χ3v) is 5.50. The molecule has 29 heavy (non-hydrogen) atoms. The molecule has 3 rings (SSSR count). The number of carbonyl (C=O) groups is 2. The predicted octanol–water partition coefficient (Wildman–Crippen LogP) is 3.05. The van der Waals surface area contributed by atoms with E-state index in [1.54, 1.807) is 30.0 Å². The van der Waals surface area contributed by atoms with Crippen LogP contribution in [0, 0.1) is 6.92 Å². The lowest BCUT2D eigenvalue weighted by Gasteiger charge is -2.07. The van der Waals surface area contributed by atoms with Crippen LogP contribution in [0.25, 0.3) is 5.69 Å². The maximum Gasteiger partial charge on any atom is 0.306 e. The Bertz CT molecular complexity index is 1040. The molecule has 2 heterocycles. The van der Waals surface area contributed by atoms with E-state index in [-0.39, 0.29) is 17.7 Å². The summed E-state index contributed by atoms with van der Waals surface area (Å²) in [7, 11) is 1.74. The number of nitrogens with one attached hydrogen (secondary N) is 1. The Labute approximate surface area is 172 Å². The molecule has 0 aliphatic carbocycles. The lowest BCUT2D eigenvalue weighted by Crippen LogP contribution is -2.25. The average molecular weight is 413 g/mol. The van der Waals surface area contributed by atoms with Crippen LogP contribution in [-0.4, -0.2) is 27.8 Å². The molecular weight excluding hydrogens is 390 g/mol. The van der Waals surface area contributed by atoms with Crippen molar-refractivity contribution < 1.29 is 14.3 Å². The third kappa shape index (κ3) is 5.03. The number of rotatable bonds is 8. The second-order valence-electron chi connectivity index (χ2n) is 6.58. The van der Waals surface area contributed by atoms with Gasteiger partial charge >= 0.3 is 5.97 Å². The number of thiophene rings is 1. The number of carbonyl (C=O) groups excluding carboxylic acids is 2. The number of ether oxygens (including phenoxy) is 1. The Balaban J connectivity index is 1.55. The minimum Gasteiger partial charge on any atom is -0.456 e. The molecule has 8 heteroatoms. The number of hydrogen-bond donors (Lipinski definition) is 1. The van der Waals surface area contributed by atoms with Crippen LogP contribution in [0.5, 0.6) is 0 Å². The zero-order chi connectivity index (χ0) is 20.8. The van der Waals surface area contributed by atoms with Crippen molar-refractivity contribution in [1.29, 1.82) is 0 Å². The first-order valence-electron chi connectivity index (χ1n) is 9.29. The smallest absolute Gasteiger partial charge is 0.306 e. The van der Waals surface area contributed by atoms with Gasteiger partial charge in [-0.05, 0) is 43.3 Å². The number of aromatic nitrogens is 2. The van der Waals surface area contributed by atoms with Crippen LogP contribution < -0.4 is 10.9 Å². The number of amides is 1. The zero-order valence-corrected chi connectivity index (χ0v) is 17.2. The van der Waals surface area contributed by atoms with E-state index in [4.69, 9.17) is 4.74 Å². The number of para-hydroxylation sites is 1. The summed E-state index contributed by atoms with van der Waals surface area (Å²) in [6.07, 6.45) is 1.72. The van der Waals surface area contributed by atoms with E-state index in [0.717, 1.165) is 6.42 Å². The molecule has 0 radical (unpaired) electrons. The minimum atomic E-state index is -0.539. The van der Waals surface area contributed by atoms with Gasteiger partial charge < -0.3 is 10.1 Å². The second-order valence-corrected chi connectivity index (χ2v) is 7.61. The third-order valence-electron chi connectivity index (χ3n) is 4.57. The van der Waals surface area contributed by atoms with Gasteiger partial charge in [0.25, 0.3) is 11.5 Å². The fourth-order valence-corrected chi connectivity index (χ4v) is 3.72. The van der Waals surface area contributed by atoms with Gasteiger partial charge in [-0.3, -0.25) is 19.1 Å². The van der Waals surface area contributed by atoms with E-state index in [1.165, 1.54) is 9.56 Å². The molecule has 3 aromatic rings. The molecule has 152 valence electrons. The van der Waals surface area contributed by atoms with Crippen LogP contribution in [-0.2, 0) is 27.8 Å². The molecule has 0 fully saturated rings. The van der Waals surface area contributed by atoms with Gasteiger partial charge in [0.05, 0.1) is 11.4 Å². The summed E-state index contributed by atoms with van der Waals surface area (Å²) < 4.78 is 8.18. The SMILES string of the molecule is Cc1c(NC(=O)COC(=O)CCCc2cccs2)c(=O)n(-c2ccccc2)n1C.